The van der Waals surface area contributed by atoms with Gasteiger partial charge in [-0.25, -0.2) is 0 Å². The first-order chi connectivity index (χ1) is 7.71. The quantitative estimate of drug-likeness (QED) is 0.643. The summed E-state index contributed by atoms with van der Waals surface area (Å²) in [6.07, 6.45) is 6.33. The second-order valence-electron chi connectivity index (χ2n) is 6.75. The number of carbonyl (C=O) groups excluding carboxylic acids is 1. The summed E-state index contributed by atoms with van der Waals surface area (Å²) in [6.45, 7) is 13.0. The molecule has 17 heavy (non-hydrogen) atoms. The predicted molar refractivity (Wildman–Crippen MR) is 74.0 cm³/mol. The van der Waals surface area contributed by atoms with Gasteiger partial charge in [0.25, 0.3) is 0 Å². The summed E-state index contributed by atoms with van der Waals surface area (Å²) in [5, 5.41) is 0. The molecular formula is C16H28O. The molecule has 98 valence electrons. The van der Waals surface area contributed by atoms with Gasteiger partial charge in [-0.2, -0.15) is 0 Å². The molecule has 0 spiro atoms. The smallest absolute Gasteiger partial charge is 0.138 e. The van der Waals surface area contributed by atoms with Crippen LogP contribution in [-0.4, -0.2) is 5.78 Å². The monoisotopic (exact) mass is 236 g/mol. The fraction of sp³-hybridized carbons (Fsp3) is 0.812. The Morgan fingerprint density at radius 2 is 2.06 bits per heavy atom. The van der Waals surface area contributed by atoms with Crippen molar-refractivity contribution in [1.82, 2.24) is 0 Å². The van der Waals surface area contributed by atoms with E-state index >= 15 is 0 Å². The van der Waals surface area contributed by atoms with Crippen molar-refractivity contribution in [2.24, 2.45) is 16.7 Å². The van der Waals surface area contributed by atoms with Crippen LogP contribution in [0.3, 0.4) is 0 Å². The van der Waals surface area contributed by atoms with Gasteiger partial charge in [-0.1, -0.05) is 46.3 Å². The Kier molecular flexibility index (Phi) is 4.22. The predicted octanol–water partition coefficient (Wildman–Crippen LogP) is 4.76. The topological polar surface area (TPSA) is 17.1 Å². The number of Topliss-reactive ketones (excluding diaryl/α,β-unsaturated/α-hetero) is 1. The molecule has 0 heterocycles. The molecule has 0 aromatic heterocycles. The van der Waals surface area contributed by atoms with Gasteiger partial charge in [0.2, 0.25) is 0 Å². The summed E-state index contributed by atoms with van der Waals surface area (Å²) in [5.74, 6) is 0.957. The van der Waals surface area contributed by atoms with Gasteiger partial charge in [0.15, 0.2) is 0 Å². The van der Waals surface area contributed by atoms with E-state index < -0.39 is 0 Å². The van der Waals surface area contributed by atoms with E-state index in [0.29, 0.717) is 11.7 Å². The second-order valence-corrected chi connectivity index (χ2v) is 6.75. The number of allylic oxidation sites excluding steroid dienone is 2. The molecule has 0 aromatic rings. The van der Waals surface area contributed by atoms with Crippen LogP contribution in [0.4, 0.5) is 0 Å². The number of ketones is 1. The summed E-state index contributed by atoms with van der Waals surface area (Å²) in [4.78, 5) is 12.3. The van der Waals surface area contributed by atoms with Crippen molar-refractivity contribution in [3.63, 3.8) is 0 Å². The van der Waals surface area contributed by atoms with Crippen LogP contribution in [0.1, 0.15) is 67.2 Å². The zero-order chi connectivity index (χ0) is 13.3. The van der Waals surface area contributed by atoms with Gasteiger partial charge in [-0.05, 0) is 37.5 Å². The van der Waals surface area contributed by atoms with E-state index in [1.807, 2.05) is 0 Å². The van der Waals surface area contributed by atoms with E-state index in [2.05, 4.69) is 47.6 Å². The van der Waals surface area contributed by atoms with Crippen LogP contribution in [0.5, 0.6) is 0 Å². The van der Waals surface area contributed by atoms with Gasteiger partial charge in [-0.3, -0.25) is 4.79 Å². The van der Waals surface area contributed by atoms with Crippen molar-refractivity contribution in [3.8, 4) is 0 Å². The van der Waals surface area contributed by atoms with E-state index in [0.717, 1.165) is 25.7 Å². The highest BCUT2D eigenvalue weighted by atomic mass is 16.1. The first-order valence-electron chi connectivity index (χ1n) is 6.92. The van der Waals surface area contributed by atoms with Crippen LogP contribution in [0, 0.1) is 16.7 Å². The highest BCUT2D eigenvalue weighted by molar-refractivity contribution is 5.84. The summed E-state index contributed by atoms with van der Waals surface area (Å²) in [7, 11) is 0. The van der Waals surface area contributed by atoms with Crippen molar-refractivity contribution in [2.75, 3.05) is 0 Å². The van der Waals surface area contributed by atoms with Crippen molar-refractivity contribution >= 4 is 5.78 Å². The van der Waals surface area contributed by atoms with Gasteiger partial charge < -0.3 is 0 Å². The molecule has 0 N–H and O–H groups in total. The Labute approximate surface area is 107 Å². The third-order valence-electron chi connectivity index (χ3n) is 5.07. The van der Waals surface area contributed by atoms with Crippen molar-refractivity contribution in [3.05, 3.63) is 11.6 Å². The van der Waals surface area contributed by atoms with Crippen LogP contribution in [0.2, 0.25) is 0 Å². The fourth-order valence-electron chi connectivity index (χ4n) is 2.50. The van der Waals surface area contributed by atoms with E-state index in [4.69, 9.17) is 0 Å². The SMILES string of the molecule is CCC(C)(C)C(=O)C[C@@H]1CCC=C(C)C1(C)C. The number of hydrogen-bond acceptors (Lipinski definition) is 1. The molecule has 0 unspecified atom stereocenters. The van der Waals surface area contributed by atoms with Crippen molar-refractivity contribution in [2.45, 2.75) is 67.2 Å². The third kappa shape index (κ3) is 3.00. The normalized spacial score (nSPS) is 24.4. The number of carbonyl (C=O) groups is 1. The standard InChI is InChI=1S/C16H28O/c1-7-15(3,4)14(17)11-13-10-8-9-12(2)16(13,5)6/h9,13H,7-8,10-11H2,1-6H3/t13-/m0/s1. The second kappa shape index (κ2) is 4.96. The van der Waals surface area contributed by atoms with E-state index in [1.165, 1.54) is 5.57 Å². The first-order valence-corrected chi connectivity index (χ1v) is 6.92. The largest absolute Gasteiger partial charge is 0.299 e. The molecule has 1 atom stereocenters. The molecule has 0 bridgehead atoms. The van der Waals surface area contributed by atoms with Crippen LogP contribution in [0.25, 0.3) is 0 Å². The first kappa shape index (κ1) is 14.5. The molecule has 1 aliphatic carbocycles. The Morgan fingerprint density at radius 3 is 2.59 bits per heavy atom. The van der Waals surface area contributed by atoms with E-state index in [9.17, 15) is 4.79 Å². The molecule has 0 fully saturated rings. The van der Waals surface area contributed by atoms with Crippen LogP contribution in [-0.2, 0) is 4.79 Å². The van der Waals surface area contributed by atoms with Crippen molar-refractivity contribution in [1.29, 1.82) is 0 Å². The average Bonchev–Trinajstić information content (AvgIpc) is 2.25. The van der Waals surface area contributed by atoms with Gasteiger partial charge in [-0.15, -0.1) is 0 Å². The zero-order valence-electron chi connectivity index (χ0n) is 12.4. The minimum atomic E-state index is -0.148. The molecule has 1 aliphatic rings. The van der Waals surface area contributed by atoms with E-state index in [1.54, 1.807) is 0 Å². The molecule has 0 saturated carbocycles. The molecule has 0 aromatic carbocycles. The van der Waals surface area contributed by atoms with Crippen LogP contribution >= 0.6 is 0 Å². The molecule has 0 radical (unpaired) electrons. The lowest BCUT2D eigenvalue weighted by Gasteiger charge is -2.39. The fourth-order valence-corrected chi connectivity index (χ4v) is 2.50. The highest BCUT2D eigenvalue weighted by Crippen LogP contribution is 2.44. The Hall–Kier alpha value is -0.590. The Balaban J connectivity index is 2.77. The average molecular weight is 236 g/mol. The minimum absolute atomic E-state index is 0.148. The molecule has 0 amide bonds. The zero-order valence-corrected chi connectivity index (χ0v) is 12.4. The molecule has 0 saturated heterocycles. The number of rotatable bonds is 4. The van der Waals surface area contributed by atoms with Gasteiger partial charge in [0, 0.05) is 11.8 Å². The summed E-state index contributed by atoms with van der Waals surface area (Å²) in [5.41, 5.74) is 1.50. The summed E-state index contributed by atoms with van der Waals surface area (Å²) < 4.78 is 0. The lowest BCUT2D eigenvalue weighted by molar-refractivity contribution is -0.129. The maximum Gasteiger partial charge on any atom is 0.138 e. The Morgan fingerprint density at radius 1 is 1.47 bits per heavy atom. The van der Waals surface area contributed by atoms with Crippen LogP contribution < -0.4 is 0 Å². The Bertz CT molecular complexity index is 320. The van der Waals surface area contributed by atoms with E-state index in [-0.39, 0.29) is 10.8 Å². The maximum absolute atomic E-state index is 12.3. The maximum atomic E-state index is 12.3. The van der Waals surface area contributed by atoms with Crippen LogP contribution in [0.15, 0.2) is 11.6 Å². The highest BCUT2D eigenvalue weighted by Gasteiger charge is 2.37. The third-order valence-corrected chi connectivity index (χ3v) is 5.07. The lowest BCUT2D eigenvalue weighted by Crippen LogP contribution is -2.34. The summed E-state index contributed by atoms with van der Waals surface area (Å²) in [6, 6.07) is 0. The molecule has 1 rings (SSSR count). The molecule has 1 heteroatoms. The van der Waals surface area contributed by atoms with Gasteiger partial charge >= 0.3 is 0 Å². The summed E-state index contributed by atoms with van der Waals surface area (Å²) >= 11 is 0. The molecule has 0 aliphatic heterocycles. The molecule has 1 nitrogen and oxygen atoms in total. The van der Waals surface area contributed by atoms with Gasteiger partial charge in [0.1, 0.15) is 5.78 Å². The lowest BCUT2D eigenvalue weighted by atomic mass is 9.65. The van der Waals surface area contributed by atoms with Gasteiger partial charge in [0.05, 0.1) is 0 Å². The molecular weight excluding hydrogens is 208 g/mol. The minimum Gasteiger partial charge on any atom is -0.299 e. The number of hydrogen-bond donors (Lipinski definition) is 0. The van der Waals surface area contributed by atoms with Crippen molar-refractivity contribution < 1.29 is 4.79 Å².